The van der Waals surface area contributed by atoms with E-state index in [4.69, 9.17) is 25.6 Å². The summed E-state index contributed by atoms with van der Waals surface area (Å²) >= 11 is 0. The number of aldehydes is 1. The van der Waals surface area contributed by atoms with Crippen molar-refractivity contribution in [1.82, 2.24) is 34.2 Å². The van der Waals surface area contributed by atoms with Gasteiger partial charge in [0.2, 0.25) is 17.9 Å². The lowest BCUT2D eigenvalue weighted by Crippen LogP contribution is -2.64. The van der Waals surface area contributed by atoms with E-state index < -0.39 is 5.34 Å². The van der Waals surface area contributed by atoms with Crippen LogP contribution in [-0.2, 0) is 10.1 Å². The maximum atomic E-state index is 12.6. The summed E-state index contributed by atoms with van der Waals surface area (Å²) in [5.41, 5.74) is 7.47. The van der Waals surface area contributed by atoms with Gasteiger partial charge in [-0.2, -0.15) is 14.7 Å². The molecule has 54 heavy (non-hydrogen) atoms. The summed E-state index contributed by atoms with van der Waals surface area (Å²) in [4.78, 5) is 40.7. The Morgan fingerprint density at radius 1 is 1.11 bits per heavy atom. The van der Waals surface area contributed by atoms with Gasteiger partial charge in [0.25, 0.3) is 5.69 Å². The minimum absolute atomic E-state index is 0.0000978. The van der Waals surface area contributed by atoms with E-state index in [1.54, 1.807) is 22.7 Å². The van der Waals surface area contributed by atoms with Crippen LogP contribution in [0, 0.1) is 12.8 Å². The largest absolute Gasteiger partial charge is 0.364 e. The Hall–Kier alpha value is -5.21. The van der Waals surface area contributed by atoms with Crippen LogP contribution < -0.4 is 25.1 Å². The molecule has 1 saturated heterocycles. The van der Waals surface area contributed by atoms with Crippen molar-refractivity contribution < 1.29 is 19.2 Å². The van der Waals surface area contributed by atoms with Crippen molar-refractivity contribution in [2.75, 3.05) is 63.9 Å². The van der Waals surface area contributed by atoms with Crippen LogP contribution in [0.5, 0.6) is 0 Å². The van der Waals surface area contributed by atoms with Crippen molar-refractivity contribution in [2.45, 2.75) is 50.5 Å². The Morgan fingerprint density at radius 2 is 1.83 bits per heavy atom. The zero-order valence-corrected chi connectivity index (χ0v) is 31.9. The average molecular weight is 726 g/mol. The Bertz CT molecular complexity index is 2210. The molecule has 8 rings (SSSR count). The molecule has 1 aliphatic carbocycles. The number of benzene rings is 1. The van der Waals surface area contributed by atoms with Crippen LogP contribution in [0.3, 0.4) is 0 Å². The molecule has 0 bridgehead atoms. The number of pyridine rings is 1. The second-order valence-corrected chi connectivity index (χ2v) is 14.8. The van der Waals surface area contributed by atoms with Gasteiger partial charge in [0.1, 0.15) is 18.7 Å². The van der Waals surface area contributed by atoms with Gasteiger partial charge < -0.3 is 25.3 Å². The van der Waals surface area contributed by atoms with Gasteiger partial charge in [-0.25, -0.2) is 4.98 Å². The second-order valence-electron chi connectivity index (χ2n) is 14.8. The van der Waals surface area contributed by atoms with E-state index in [1.165, 1.54) is 11.8 Å². The minimum atomic E-state index is -1.38. The molecule has 276 valence electrons. The van der Waals surface area contributed by atoms with Gasteiger partial charge in [-0.05, 0) is 59.5 Å². The molecule has 4 radical (unpaired) electrons. The van der Waals surface area contributed by atoms with Gasteiger partial charge in [0.05, 0.1) is 56.7 Å². The smallest absolute Gasteiger partial charge is 0.297 e. The minimum Gasteiger partial charge on any atom is -0.364 e. The number of likely N-dealkylation sites (tertiary alicyclic amines) is 1. The summed E-state index contributed by atoms with van der Waals surface area (Å²) in [5, 5.41) is 14.9. The number of nitrogens with zero attached hydrogens (tertiary/aromatic N) is 9. The number of amides is 1. The molecule has 1 unspecified atom stereocenters. The highest BCUT2D eigenvalue weighted by Gasteiger charge is 2.46. The standard InChI is InChI=1S/C35H36B2N10O3.C3H9N/c1-5-27-33-25(16-38-45(33)23-17-44(18-23)35(36,37)28-11-6-8-22(19-48)47(28)50-4)24-9-7-10-26(32(24)43(27)3)39-31-15-29(41-34(49)21-12-13-21)40-30-14-20(2)42-46(30)31;1-4(2)3/h6-11,14-16,19,21,23,27H,5,12-13,17-18H2,1-4H3,(H-,39,40,41,42,49);1-3H3/p+1. The molecule has 14 nitrogen and oxygen atoms in total. The number of hydrogen-bond donors (Lipinski definition) is 2. The van der Waals surface area contributed by atoms with Gasteiger partial charge in [0, 0.05) is 71.5 Å². The SMILES string of the molecule is CN(C)C.[B]C([B])(c1cccc(C=O)[n+]1OC)N1CC(n2ncc3c2C(CC)N(C)c2c(Nc4cc(NC(=O)C5CC5)nc5cc(C)nn45)cccc2-3)C1. The van der Waals surface area contributed by atoms with Crippen molar-refractivity contribution in [3.63, 3.8) is 0 Å². The number of rotatable bonds is 10. The molecule has 3 aliphatic rings. The van der Waals surface area contributed by atoms with Crippen LogP contribution in [-0.4, -0.2) is 110 Å². The fraction of sp³-hybridized carbons (Fsp3) is 0.421. The first kappa shape index (κ1) is 37.1. The lowest BCUT2D eigenvalue weighted by molar-refractivity contribution is -0.892. The van der Waals surface area contributed by atoms with Gasteiger partial charge in [-0.15, -0.1) is 0 Å². The normalized spacial score (nSPS) is 17.0. The summed E-state index contributed by atoms with van der Waals surface area (Å²) in [6.45, 7) is 5.23. The van der Waals surface area contributed by atoms with E-state index in [1.807, 2.05) is 62.3 Å². The summed E-state index contributed by atoms with van der Waals surface area (Å²) in [5.74, 6) is 1.25. The number of para-hydroxylation sites is 1. The number of fused-ring (bicyclic) bond motifs is 4. The fourth-order valence-electron chi connectivity index (χ4n) is 7.38. The van der Waals surface area contributed by atoms with Crippen LogP contribution in [0.1, 0.15) is 65.8 Å². The zero-order chi connectivity index (χ0) is 38.5. The third kappa shape index (κ3) is 6.72. The molecule has 1 saturated carbocycles. The molecule has 16 heteroatoms. The maximum Gasteiger partial charge on any atom is 0.297 e. The van der Waals surface area contributed by atoms with Crippen LogP contribution in [0.15, 0.2) is 54.7 Å². The molecule has 2 aliphatic heterocycles. The monoisotopic (exact) mass is 726 g/mol. The lowest BCUT2D eigenvalue weighted by Gasteiger charge is -2.49. The number of anilines is 4. The molecule has 2 N–H and O–H groups in total. The summed E-state index contributed by atoms with van der Waals surface area (Å²) in [7, 11) is 23.0. The summed E-state index contributed by atoms with van der Waals surface area (Å²) < 4.78 is 5.26. The van der Waals surface area contributed by atoms with E-state index in [9.17, 15) is 9.59 Å². The zero-order valence-electron chi connectivity index (χ0n) is 31.9. The van der Waals surface area contributed by atoms with E-state index in [0.29, 0.717) is 48.0 Å². The Balaban J connectivity index is 0.00000107. The number of carbonyl (C=O) groups excluding carboxylic acids is 2. The summed E-state index contributed by atoms with van der Waals surface area (Å²) in [6, 6.07) is 15.2. The maximum absolute atomic E-state index is 12.6. The van der Waals surface area contributed by atoms with Crippen molar-refractivity contribution in [1.29, 1.82) is 0 Å². The Kier molecular flexibility index (Phi) is 10.0. The third-order valence-corrected chi connectivity index (χ3v) is 10.1. The lowest BCUT2D eigenvalue weighted by atomic mass is 9.57. The molecule has 1 aromatic carbocycles. The molecule has 1 amide bonds. The highest BCUT2D eigenvalue weighted by Crippen LogP contribution is 2.50. The Morgan fingerprint density at radius 3 is 2.50 bits per heavy atom. The Labute approximate surface area is 318 Å². The number of aromatic nitrogens is 6. The van der Waals surface area contributed by atoms with Crippen LogP contribution in [0.2, 0.25) is 0 Å². The highest BCUT2D eigenvalue weighted by molar-refractivity contribution is 6.39. The second kappa shape index (κ2) is 14.6. The number of nitrogens with one attached hydrogen (secondary N) is 2. The first-order valence-electron chi connectivity index (χ1n) is 18.2. The molecular formula is C38H46B2N11O3+. The molecule has 4 aromatic heterocycles. The summed E-state index contributed by atoms with van der Waals surface area (Å²) in [6.07, 6.45) is 5.33. The third-order valence-electron chi connectivity index (χ3n) is 10.1. The molecule has 1 atom stereocenters. The number of carbonyl (C=O) groups is 2. The van der Waals surface area contributed by atoms with Crippen LogP contribution >= 0.6 is 0 Å². The van der Waals surface area contributed by atoms with Crippen molar-refractivity contribution in [3.8, 4) is 11.1 Å². The van der Waals surface area contributed by atoms with Crippen LogP contribution in [0.25, 0.3) is 16.8 Å². The molecule has 6 heterocycles. The average Bonchev–Trinajstić information content (AvgIpc) is 3.78. The predicted molar refractivity (Wildman–Crippen MR) is 209 cm³/mol. The van der Waals surface area contributed by atoms with Gasteiger partial charge >= 0.3 is 0 Å². The molecular weight excluding hydrogens is 680 g/mol. The van der Waals surface area contributed by atoms with Gasteiger partial charge in [-0.1, -0.05) is 19.1 Å². The van der Waals surface area contributed by atoms with E-state index in [0.717, 1.165) is 53.2 Å². The first-order valence-corrected chi connectivity index (χ1v) is 18.2. The van der Waals surface area contributed by atoms with E-state index in [-0.39, 0.29) is 23.9 Å². The van der Waals surface area contributed by atoms with Gasteiger partial charge in [-0.3, -0.25) is 19.1 Å². The van der Waals surface area contributed by atoms with Crippen molar-refractivity contribution in [3.05, 3.63) is 77.5 Å². The first-order chi connectivity index (χ1) is 25.9. The van der Waals surface area contributed by atoms with E-state index in [2.05, 4.69) is 56.4 Å². The molecule has 2 fully saturated rings. The highest BCUT2D eigenvalue weighted by atomic mass is 16.6. The van der Waals surface area contributed by atoms with Crippen molar-refractivity contribution >= 4 is 56.5 Å². The fourth-order valence-corrected chi connectivity index (χ4v) is 7.38. The van der Waals surface area contributed by atoms with Crippen molar-refractivity contribution in [2.24, 2.45) is 5.92 Å². The van der Waals surface area contributed by atoms with Crippen LogP contribution in [0.4, 0.5) is 23.0 Å². The number of hydrogen-bond acceptors (Lipinski definition) is 10. The van der Waals surface area contributed by atoms with E-state index >= 15 is 0 Å². The quantitative estimate of drug-likeness (QED) is 0.126. The predicted octanol–water partition coefficient (Wildman–Crippen LogP) is 3.23. The molecule has 0 spiro atoms. The van der Waals surface area contributed by atoms with Gasteiger partial charge in [0.15, 0.2) is 5.65 Å². The number of aryl methyl sites for hydroxylation is 1. The topological polar surface area (TPSA) is 129 Å². The molecule has 5 aromatic rings.